The van der Waals surface area contributed by atoms with E-state index in [-0.39, 0.29) is 22.9 Å². The zero-order valence-corrected chi connectivity index (χ0v) is 14.1. The van der Waals surface area contributed by atoms with Crippen molar-refractivity contribution in [3.63, 3.8) is 0 Å². The predicted octanol–water partition coefficient (Wildman–Crippen LogP) is 5.67. The summed E-state index contributed by atoms with van der Waals surface area (Å²) in [4.78, 5) is 12.8. The normalized spacial score (nSPS) is 13.2. The van der Waals surface area contributed by atoms with Gasteiger partial charge in [-0.15, -0.1) is 0 Å². The van der Waals surface area contributed by atoms with Crippen molar-refractivity contribution in [1.29, 1.82) is 0 Å². The van der Waals surface area contributed by atoms with Crippen molar-refractivity contribution in [2.24, 2.45) is 5.41 Å². The fourth-order valence-electron chi connectivity index (χ4n) is 2.65. The van der Waals surface area contributed by atoms with Gasteiger partial charge in [-0.1, -0.05) is 66.0 Å². The number of unbranched alkanes of at least 4 members (excludes halogenated alkanes) is 2. The summed E-state index contributed by atoms with van der Waals surface area (Å²) in [5.74, 6) is -0.0218. The van der Waals surface area contributed by atoms with Crippen molar-refractivity contribution in [1.82, 2.24) is 0 Å². The highest BCUT2D eigenvalue weighted by Crippen LogP contribution is 2.32. The van der Waals surface area contributed by atoms with Gasteiger partial charge in [0, 0.05) is 11.3 Å². The number of rotatable bonds is 7. The maximum atomic E-state index is 13.7. The molecule has 0 aliphatic carbocycles. The molecule has 0 bridgehead atoms. The average molecular weight is 292 g/mol. The summed E-state index contributed by atoms with van der Waals surface area (Å²) in [5, 5.41) is 0. The number of benzene rings is 1. The van der Waals surface area contributed by atoms with Gasteiger partial charge in [0.05, 0.1) is 0 Å². The molecule has 0 N–H and O–H groups in total. The summed E-state index contributed by atoms with van der Waals surface area (Å²) in [7, 11) is 0. The number of hydrogen-bond donors (Lipinski definition) is 0. The molecule has 1 atom stereocenters. The Bertz CT molecular complexity index is 471. The number of hydrogen-bond acceptors (Lipinski definition) is 1. The second-order valence-corrected chi connectivity index (χ2v) is 6.87. The SMILES string of the molecule is CCCCCC(C(=O)C(C)(C)C)c1ccc(F)c(CC)c1. The Morgan fingerprint density at radius 3 is 2.38 bits per heavy atom. The number of halogens is 1. The van der Waals surface area contributed by atoms with Crippen LogP contribution in [0.2, 0.25) is 0 Å². The summed E-state index contributed by atoms with van der Waals surface area (Å²) >= 11 is 0. The molecule has 1 rings (SSSR count). The van der Waals surface area contributed by atoms with Crippen LogP contribution in [0.15, 0.2) is 18.2 Å². The van der Waals surface area contributed by atoms with E-state index in [0.717, 1.165) is 31.2 Å². The van der Waals surface area contributed by atoms with Crippen molar-refractivity contribution >= 4 is 5.78 Å². The minimum absolute atomic E-state index is 0.109. The maximum Gasteiger partial charge on any atom is 0.145 e. The van der Waals surface area contributed by atoms with E-state index in [1.807, 2.05) is 33.8 Å². The van der Waals surface area contributed by atoms with E-state index in [1.54, 1.807) is 6.07 Å². The highest BCUT2D eigenvalue weighted by atomic mass is 19.1. The number of aryl methyl sites for hydroxylation is 1. The Hall–Kier alpha value is -1.18. The molecule has 0 fully saturated rings. The first-order valence-electron chi connectivity index (χ1n) is 8.13. The molecular weight excluding hydrogens is 263 g/mol. The molecular formula is C19H29FO. The van der Waals surface area contributed by atoms with E-state index in [4.69, 9.17) is 0 Å². The molecule has 0 heterocycles. The van der Waals surface area contributed by atoms with Crippen molar-refractivity contribution in [2.45, 2.75) is 72.6 Å². The minimum Gasteiger partial charge on any atom is -0.298 e. The van der Waals surface area contributed by atoms with Crippen LogP contribution in [0.5, 0.6) is 0 Å². The molecule has 1 aromatic rings. The molecule has 118 valence electrons. The lowest BCUT2D eigenvalue weighted by Crippen LogP contribution is -2.27. The maximum absolute atomic E-state index is 13.7. The van der Waals surface area contributed by atoms with Gasteiger partial charge in [-0.2, -0.15) is 0 Å². The number of Topliss-reactive ketones (excluding diaryl/α,β-unsaturated/α-hetero) is 1. The van der Waals surface area contributed by atoms with Crippen LogP contribution in [0.25, 0.3) is 0 Å². The van der Waals surface area contributed by atoms with Gasteiger partial charge in [-0.05, 0) is 30.0 Å². The van der Waals surface area contributed by atoms with Crippen LogP contribution in [-0.2, 0) is 11.2 Å². The zero-order chi connectivity index (χ0) is 16.0. The lowest BCUT2D eigenvalue weighted by Gasteiger charge is -2.25. The van der Waals surface area contributed by atoms with Crippen LogP contribution < -0.4 is 0 Å². The molecule has 1 nitrogen and oxygen atoms in total. The fraction of sp³-hybridized carbons (Fsp3) is 0.632. The highest BCUT2D eigenvalue weighted by molar-refractivity contribution is 5.90. The number of ketones is 1. The Labute approximate surface area is 129 Å². The lowest BCUT2D eigenvalue weighted by molar-refractivity contribution is -0.128. The third-order valence-corrected chi connectivity index (χ3v) is 4.01. The summed E-state index contributed by atoms with van der Waals surface area (Å²) in [6.45, 7) is 10.00. The van der Waals surface area contributed by atoms with E-state index >= 15 is 0 Å². The molecule has 1 aromatic carbocycles. The molecule has 21 heavy (non-hydrogen) atoms. The van der Waals surface area contributed by atoms with Gasteiger partial charge in [-0.25, -0.2) is 4.39 Å². The van der Waals surface area contributed by atoms with Crippen LogP contribution in [0.4, 0.5) is 4.39 Å². The van der Waals surface area contributed by atoms with Crippen molar-refractivity contribution in [2.75, 3.05) is 0 Å². The quantitative estimate of drug-likeness (QED) is 0.592. The van der Waals surface area contributed by atoms with Crippen LogP contribution in [0.3, 0.4) is 0 Å². The summed E-state index contributed by atoms with van der Waals surface area (Å²) in [5.41, 5.74) is 1.32. The van der Waals surface area contributed by atoms with Gasteiger partial charge in [0.25, 0.3) is 0 Å². The Morgan fingerprint density at radius 1 is 1.19 bits per heavy atom. The van der Waals surface area contributed by atoms with Gasteiger partial charge in [-0.3, -0.25) is 4.79 Å². The summed E-state index contributed by atoms with van der Waals surface area (Å²) in [6.07, 6.45) is 4.83. The molecule has 0 saturated carbocycles. The summed E-state index contributed by atoms with van der Waals surface area (Å²) in [6, 6.07) is 5.18. The average Bonchev–Trinajstić information content (AvgIpc) is 2.43. The van der Waals surface area contributed by atoms with Crippen LogP contribution in [0.1, 0.15) is 77.3 Å². The monoisotopic (exact) mass is 292 g/mol. The van der Waals surface area contributed by atoms with Gasteiger partial charge < -0.3 is 0 Å². The van der Waals surface area contributed by atoms with Gasteiger partial charge in [0.2, 0.25) is 0 Å². The third kappa shape index (κ3) is 4.94. The molecule has 0 saturated heterocycles. The molecule has 0 spiro atoms. The predicted molar refractivity (Wildman–Crippen MR) is 87.1 cm³/mol. The number of carbonyl (C=O) groups excluding carboxylic acids is 1. The van der Waals surface area contributed by atoms with Crippen molar-refractivity contribution in [3.8, 4) is 0 Å². The lowest BCUT2D eigenvalue weighted by atomic mass is 9.77. The third-order valence-electron chi connectivity index (χ3n) is 4.01. The van der Waals surface area contributed by atoms with Crippen molar-refractivity contribution < 1.29 is 9.18 Å². The molecule has 0 amide bonds. The fourth-order valence-corrected chi connectivity index (χ4v) is 2.65. The van der Waals surface area contributed by atoms with E-state index in [9.17, 15) is 9.18 Å². The Balaban J connectivity index is 3.08. The first-order valence-corrected chi connectivity index (χ1v) is 8.13. The summed E-state index contributed by atoms with van der Waals surface area (Å²) < 4.78 is 13.7. The molecule has 2 heteroatoms. The standard InChI is InChI=1S/C19H29FO/c1-6-8-9-10-16(18(21)19(3,4)5)15-11-12-17(20)14(7-2)13-15/h11-13,16H,6-10H2,1-5H3. The molecule has 0 radical (unpaired) electrons. The first-order chi connectivity index (χ1) is 9.81. The molecule has 1 unspecified atom stereocenters. The molecule has 0 aromatic heterocycles. The van der Waals surface area contributed by atoms with Crippen LogP contribution >= 0.6 is 0 Å². The van der Waals surface area contributed by atoms with E-state index in [1.165, 1.54) is 6.07 Å². The zero-order valence-electron chi connectivity index (χ0n) is 14.1. The second kappa shape index (κ2) is 7.72. The molecule has 0 aliphatic rings. The number of carbonyl (C=O) groups is 1. The Morgan fingerprint density at radius 2 is 1.86 bits per heavy atom. The van der Waals surface area contributed by atoms with Crippen molar-refractivity contribution in [3.05, 3.63) is 35.1 Å². The Kier molecular flexibility index (Phi) is 6.57. The minimum atomic E-state index is -0.363. The van der Waals surface area contributed by atoms with E-state index in [2.05, 4.69) is 6.92 Å². The van der Waals surface area contributed by atoms with Crippen LogP contribution in [0, 0.1) is 11.2 Å². The largest absolute Gasteiger partial charge is 0.298 e. The van der Waals surface area contributed by atoms with Gasteiger partial charge in [0.15, 0.2) is 0 Å². The van der Waals surface area contributed by atoms with E-state index in [0.29, 0.717) is 12.0 Å². The highest BCUT2D eigenvalue weighted by Gasteiger charge is 2.30. The molecule has 0 aliphatic heterocycles. The van der Waals surface area contributed by atoms with E-state index < -0.39 is 0 Å². The van der Waals surface area contributed by atoms with Gasteiger partial charge >= 0.3 is 0 Å². The first kappa shape index (κ1) is 17.9. The smallest absolute Gasteiger partial charge is 0.145 e. The topological polar surface area (TPSA) is 17.1 Å². The second-order valence-electron chi connectivity index (χ2n) is 6.87. The van der Waals surface area contributed by atoms with Gasteiger partial charge in [0.1, 0.15) is 11.6 Å². The van der Waals surface area contributed by atoms with Crippen LogP contribution in [-0.4, -0.2) is 5.78 Å².